The van der Waals surface area contributed by atoms with Gasteiger partial charge in [-0.3, -0.25) is 0 Å². The summed E-state index contributed by atoms with van der Waals surface area (Å²) in [6.45, 7) is 1.25. The van der Waals surface area contributed by atoms with E-state index in [1.165, 1.54) is 24.9 Å². The molecule has 0 spiro atoms. The third-order valence-corrected chi connectivity index (χ3v) is 3.69. The standard InChI is InChI=1S/C14H17N3O/c1-18-13-6-2-5-12-14(13)10(9-16-17-12)8-11-4-3-7-15-11/h2,5-6,9,11,15H,3-4,7-8H2,1H3/p+1/t11-/m1/s1. The minimum absolute atomic E-state index is 0.683. The highest BCUT2D eigenvalue weighted by atomic mass is 16.5. The Kier molecular flexibility index (Phi) is 3.11. The van der Waals surface area contributed by atoms with E-state index in [0.29, 0.717) is 6.04 Å². The molecule has 1 saturated heterocycles. The van der Waals surface area contributed by atoms with Crippen LogP contribution in [-0.2, 0) is 6.42 Å². The summed E-state index contributed by atoms with van der Waals surface area (Å²) < 4.78 is 5.45. The molecule has 1 aromatic heterocycles. The number of nitrogens with two attached hydrogens (primary N) is 1. The molecule has 1 aliphatic rings. The molecule has 3 rings (SSSR count). The lowest BCUT2D eigenvalue weighted by Crippen LogP contribution is -2.87. The molecule has 18 heavy (non-hydrogen) atoms. The van der Waals surface area contributed by atoms with Crippen LogP contribution in [-0.4, -0.2) is 29.9 Å². The van der Waals surface area contributed by atoms with Crippen molar-refractivity contribution in [2.75, 3.05) is 13.7 Å². The van der Waals surface area contributed by atoms with Gasteiger partial charge in [0.1, 0.15) is 5.75 Å². The molecule has 2 N–H and O–H groups in total. The van der Waals surface area contributed by atoms with Crippen LogP contribution < -0.4 is 10.1 Å². The van der Waals surface area contributed by atoms with Crippen LogP contribution in [0.4, 0.5) is 0 Å². The molecular formula is C14H18N3O+. The Balaban J connectivity index is 2.04. The SMILES string of the molecule is COc1cccc2nncc(C[C@H]3CCC[NH2+]3)c12. The smallest absolute Gasteiger partial charge is 0.128 e. The molecule has 4 nitrogen and oxygen atoms in total. The third-order valence-electron chi connectivity index (χ3n) is 3.69. The van der Waals surface area contributed by atoms with E-state index in [9.17, 15) is 0 Å². The fourth-order valence-corrected chi connectivity index (χ4v) is 2.80. The number of hydrogen-bond donors (Lipinski definition) is 1. The first kappa shape index (κ1) is 11.4. The van der Waals surface area contributed by atoms with Gasteiger partial charge in [-0.25, -0.2) is 0 Å². The van der Waals surface area contributed by atoms with E-state index in [0.717, 1.165) is 23.1 Å². The van der Waals surface area contributed by atoms with E-state index < -0.39 is 0 Å². The van der Waals surface area contributed by atoms with Crippen LogP contribution in [0.15, 0.2) is 24.4 Å². The van der Waals surface area contributed by atoms with Gasteiger partial charge in [0, 0.05) is 24.6 Å². The van der Waals surface area contributed by atoms with Crippen molar-refractivity contribution in [3.63, 3.8) is 0 Å². The van der Waals surface area contributed by atoms with Gasteiger partial charge in [-0.15, -0.1) is 0 Å². The van der Waals surface area contributed by atoms with E-state index in [4.69, 9.17) is 4.74 Å². The summed E-state index contributed by atoms with van der Waals surface area (Å²) in [6, 6.07) is 6.63. The summed E-state index contributed by atoms with van der Waals surface area (Å²) in [5.41, 5.74) is 2.17. The van der Waals surface area contributed by atoms with Gasteiger partial charge in [0.15, 0.2) is 0 Å². The zero-order valence-electron chi connectivity index (χ0n) is 10.6. The molecule has 0 bridgehead atoms. The lowest BCUT2D eigenvalue weighted by Gasteiger charge is -2.11. The molecule has 1 fully saturated rings. The first-order valence-electron chi connectivity index (χ1n) is 6.49. The number of rotatable bonds is 3. The molecule has 0 radical (unpaired) electrons. The average Bonchev–Trinajstić information content (AvgIpc) is 2.91. The highest BCUT2D eigenvalue weighted by molar-refractivity contribution is 5.87. The maximum atomic E-state index is 5.45. The molecule has 1 atom stereocenters. The van der Waals surface area contributed by atoms with Crippen molar-refractivity contribution in [3.8, 4) is 5.75 Å². The maximum absolute atomic E-state index is 5.45. The van der Waals surface area contributed by atoms with Crippen LogP contribution in [0.2, 0.25) is 0 Å². The summed E-state index contributed by atoms with van der Waals surface area (Å²) in [4.78, 5) is 0. The van der Waals surface area contributed by atoms with E-state index in [2.05, 4.69) is 15.5 Å². The van der Waals surface area contributed by atoms with Crippen LogP contribution >= 0.6 is 0 Å². The van der Waals surface area contributed by atoms with Crippen LogP contribution in [0.1, 0.15) is 18.4 Å². The van der Waals surface area contributed by atoms with Crippen LogP contribution in [0.3, 0.4) is 0 Å². The largest absolute Gasteiger partial charge is 0.496 e. The quantitative estimate of drug-likeness (QED) is 0.873. The van der Waals surface area contributed by atoms with Gasteiger partial charge in [-0.05, 0) is 17.7 Å². The number of fused-ring (bicyclic) bond motifs is 1. The predicted octanol–water partition coefficient (Wildman–Crippen LogP) is 0.907. The Morgan fingerprint density at radius 2 is 2.39 bits per heavy atom. The molecule has 0 aliphatic carbocycles. The molecule has 94 valence electrons. The van der Waals surface area contributed by atoms with Gasteiger partial charge in [-0.2, -0.15) is 10.2 Å². The fraction of sp³-hybridized carbons (Fsp3) is 0.429. The van der Waals surface area contributed by atoms with Gasteiger partial charge in [-0.1, -0.05) is 6.07 Å². The molecule has 1 aromatic carbocycles. The highest BCUT2D eigenvalue weighted by Crippen LogP contribution is 2.27. The molecule has 1 aliphatic heterocycles. The number of aromatic nitrogens is 2. The van der Waals surface area contributed by atoms with E-state index in [-0.39, 0.29) is 0 Å². The predicted molar refractivity (Wildman–Crippen MR) is 69.6 cm³/mol. The second kappa shape index (κ2) is 4.90. The first-order chi connectivity index (χ1) is 8.88. The summed E-state index contributed by atoms with van der Waals surface area (Å²) in [5.74, 6) is 0.899. The summed E-state index contributed by atoms with van der Waals surface area (Å²) >= 11 is 0. The monoisotopic (exact) mass is 244 g/mol. The highest BCUT2D eigenvalue weighted by Gasteiger charge is 2.20. The number of ether oxygens (including phenoxy) is 1. The number of nitrogens with zero attached hydrogens (tertiary/aromatic N) is 2. The Bertz CT molecular complexity index is 544. The van der Waals surface area contributed by atoms with Crippen molar-refractivity contribution in [1.29, 1.82) is 0 Å². The van der Waals surface area contributed by atoms with Gasteiger partial charge in [0.05, 0.1) is 31.4 Å². The number of benzene rings is 1. The Hall–Kier alpha value is -1.68. The first-order valence-corrected chi connectivity index (χ1v) is 6.49. The molecule has 2 aromatic rings. The minimum atomic E-state index is 0.683. The molecule has 0 unspecified atom stereocenters. The van der Waals surface area contributed by atoms with E-state index in [1.807, 2.05) is 24.4 Å². The van der Waals surface area contributed by atoms with Crippen molar-refractivity contribution in [2.45, 2.75) is 25.3 Å². The summed E-state index contributed by atoms with van der Waals surface area (Å²) in [6.07, 6.45) is 5.54. The average molecular weight is 244 g/mol. The van der Waals surface area contributed by atoms with Crippen LogP contribution in [0, 0.1) is 0 Å². The van der Waals surface area contributed by atoms with Crippen LogP contribution in [0.25, 0.3) is 10.9 Å². The molecule has 0 saturated carbocycles. The van der Waals surface area contributed by atoms with Gasteiger partial charge >= 0.3 is 0 Å². The van der Waals surface area contributed by atoms with Gasteiger partial charge in [0.2, 0.25) is 0 Å². The van der Waals surface area contributed by atoms with Crippen molar-refractivity contribution in [2.24, 2.45) is 0 Å². The Morgan fingerprint density at radius 3 is 3.17 bits per heavy atom. The second-order valence-electron chi connectivity index (χ2n) is 4.86. The Labute approximate surface area is 106 Å². The molecule has 0 amide bonds. The zero-order valence-corrected chi connectivity index (χ0v) is 10.6. The normalized spacial score (nSPS) is 19.3. The van der Waals surface area contributed by atoms with Gasteiger partial charge in [0.25, 0.3) is 0 Å². The summed E-state index contributed by atoms with van der Waals surface area (Å²) in [7, 11) is 1.71. The lowest BCUT2D eigenvalue weighted by molar-refractivity contribution is -0.669. The van der Waals surface area contributed by atoms with Crippen molar-refractivity contribution >= 4 is 10.9 Å². The van der Waals surface area contributed by atoms with Crippen molar-refractivity contribution < 1.29 is 10.1 Å². The van der Waals surface area contributed by atoms with E-state index >= 15 is 0 Å². The number of quaternary nitrogens is 1. The maximum Gasteiger partial charge on any atom is 0.128 e. The fourth-order valence-electron chi connectivity index (χ4n) is 2.80. The number of hydrogen-bond acceptors (Lipinski definition) is 3. The zero-order chi connectivity index (χ0) is 12.4. The topological polar surface area (TPSA) is 51.6 Å². The van der Waals surface area contributed by atoms with Crippen LogP contribution in [0.5, 0.6) is 5.75 Å². The number of methoxy groups -OCH3 is 1. The van der Waals surface area contributed by atoms with E-state index in [1.54, 1.807) is 7.11 Å². The van der Waals surface area contributed by atoms with Gasteiger partial charge < -0.3 is 10.1 Å². The molecular weight excluding hydrogens is 226 g/mol. The lowest BCUT2D eigenvalue weighted by atomic mass is 10.0. The van der Waals surface area contributed by atoms with Crippen molar-refractivity contribution in [3.05, 3.63) is 30.0 Å². The second-order valence-corrected chi connectivity index (χ2v) is 4.86. The third kappa shape index (κ3) is 2.04. The summed E-state index contributed by atoms with van der Waals surface area (Å²) in [5, 5.41) is 11.8. The minimum Gasteiger partial charge on any atom is -0.496 e. The van der Waals surface area contributed by atoms with Crippen molar-refractivity contribution in [1.82, 2.24) is 10.2 Å². The molecule has 4 heteroatoms. The molecule has 2 heterocycles. The Morgan fingerprint density at radius 1 is 1.44 bits per heavy atom.